The Morgan fingerprint density at radius 2 is 1.77 bits per heavy atom. The molecule has 0 spiro atoms. The summed E-state index contributed by atoms with van der Waals surface area (Å²) in [4.78, 5) is 16.4. The molecule has 1 rings (SSSR count). The molecular weight excluding hydrogens is 320 g/mol. The van der Waals surface area contributed by atoms with E-state index in [1.54, 1.807) is 36.6 Å². The molecular formula is C23H26N2O. The van der Waals surface area contributed by atoms with Crippen molar-refractivity contribution in [2.24, 2.45) is 16.8 Å². The quantitative estimate of drug-likeness (QED) is 0.415. The number of rotatable bonds is 11. The van der Waals surface area contributed by atoms with Gasteiger partial charge in [-0.25, -0.2) is 0 Å². The van der Waals surface area contributed by atoms with Crippen molar-refractivity contribution in [3.63, 3.8) is 0 Å². The first kappa shape index (κ1) is 20.8. The summed E-state index contributed by atoms with van der Waals surface area (Å²) in [6.45, 7) is 22.5. The van der Waals surface area contributed by atoms with Gasteiger partial charge in [-0.1, -0.05) is 75.4 Å². The monoisotopic (exact) mass is 346 g/mol. The highest BCUT2D eigenvalue weighted by Gasteiger charge is 2.43. The standard InChI is InChI=1S/C23H26N2O/c1-7-11-12-18(6)21-15-22(21)23(26)25-20(9-3)14-13-19(16-24-10-4)17(5)8-2/h7-14,16,21-22H,1-6,15H2,(H,25,26)/b12-11-,19-13-,20-14+,24-16-/t21-,22+/m0/s1. The molecule has 0 heterocycles. The Labute approximate surface area is 156 Å². The Morgan fingerprint density at radius 1 is 1.04 bits per heavy atom. The fourth-order valence-electron chi connectivity index (χ4n) is 2.27. The van der Waals surface area contributed by atoms with Gasteiger partial charge >= 0.3 is 0 Å². The molecule has 0 aliphatic heterocycles. The van der Waals surface area contributed by atoms with Crippen LogP contribution in [0.4, 0.5) is 0 Å². The molecule has 2 atom stereocenters. The molecule has 3 nitrogen and oxygen atoms in total. The van der Waals surface area contributed by atoms with E-state index in [4.69, 9.17) is 0 Å². The van der Waals surface area contributed by atoms with Crippen LogP contribution in [0.1, 0.15) is 6.42 Å². The van der Waals surface area contributed by atoms with Gasteiger partial charge in [0.2, 0.25) is 5.91 Å². The molecule has 0 aromatic heterocycles. The van der Waals surface area contributed by atoms with Crippen LogP contribution in [0.2, 0.25) is 0 Å². The third-order valence-electron chi connectivity index (χ3n) is 3.92. The van der Waals surface area contributed by atoms with Crippen molar-refractivity contribution in [3.8, 4) is 0 Å². The van der Waals surface area contributed by atoms with Gasteiger partial charge in [0.25, 0.3) is 0 Å². The summed E-state index contributed by atoms with van der Waals surface area (Å²) in [7, 11) is 0. The van der Waals surface area contributed by atoms with Crippen molar-refractivity contribution in [1.29, 1.82) is 0 Å². The van der Waals surface area contributed by atoms with Crippen LogP contribution in [0.15, 0.2) is 116 Å². The maximum Gasteiger partial charge on any atom is 0.228 e. The van der Waals surface area contributed by atoms with Crippen molar-refractivity contribution in [1.82, 2.24) is 5.32 Å². The topological polar surface area (TPSA) is 41.5 Å². The van der Waals surface area contributed by atoms with Crippen LogP contribution < -0.4 is 5.32 Å². The predicted molar refractivity (Wildman–Crippen MR) is 113 cm³/mol. The lowest BCUT2D eigenvalue weighted by atomic mass is 10.1. The van der Waals surface area contributed by atoms with Crippen LogP contribution >= 0.6 is 0 Å². The molecule has 1 fully saturated rings. The van der Waals surface area contributed by atoms with Crippen molar-refractivity contribution in [2.45, 2.75) is 6.42 Å². The second kappa shape index (κ2) is 10.6. The summed E-state index contributed by atoms with van der Waals surface area (Å²) in [5, 5.41) is 2.89. The van der Waals surface area contributed by atoms with Crippen LogP contribution in [0.25, 0.3) is 0 Å². The fraction of sp³-hybridized carbons (Fsp3) is 0.130. The van der Waals surface area contributed by atoms with Gasteiger partial charge in [-0.05, 0) is 35.6 Å². The predicted octanol–water partition coefficient (Wildman–Crippen LogP) is 4.99. The molecule has 0 aromatic carbocycles. The highest BCUT2D eigenvalue weighted by molar-refractivity contribution is 5.87. The third kappa shape index (κ3) is 6.36. The summed E-state index contributed by atoms with van der Waals surface area (Å²) < 4.78 is 0. The first-order valence-electron chi connectivity index (χ1n) is 8.27. The van der Waals surface area contributed by atoms with Crippen LogP contribution in [0.3, 0.4) is 0 Å². The van der Waals surface area contributed by atoms with Gasteiger partial charge in [0.15, 0.2) is 0 Å². The number of carbonyl (C=O) groups excluding carboxylic acids is 1. The summed E-state index contributed by atoms with van der Waals surface area (Å²) >= 11 is 0. The Morgan fingerprint density at radius 3 is 2.35 bits per heavy atom. The molecule has 1 N–H and O–H groups in total. The van der Waals surface area contributed by atoms with E-state index in [0.717, 1.165) is 17.6 Å². The van der Waals surface area contributed by atoms with Crippen LogP contribution in [0.5, 0.6) is 0 Å². The average molecular weight is 346 g/mol. The van der Waals surface area contributed by atoms with E-state index in [-0.39, 0.29) is 17.7 Å². The molecule has 26 heavy (non-hydrogen) atoms. The van der Waals surface area contributed by atoms with E-state index in [2.05, 4.69) is 49.8 Å². The summed E-state index contributed by atoms with van der Waals surface area (Å²) in [6.07, 6.45) is 16.1. The van der Waals surface area contributed by atoms with E-state index in [1.807, 2.05) is 12.2 Å². The fourth-order valence-corrected chi connectivity index (χ4v) is 2.27. The summed E-state index contributed by atoms with van der Waals surface area (Å²) in [6, 6.07) is 0. The SMILES string of the molecule is C=C/C=C\C(=C)[C@@H]1C[C@H]1C(=O)N/C(C=C)=C/C=C(/C=N\C=C)C(=C)C=C. The van der Waals surface area contributed by atoms with Crippen molar-refractivity contribution >= 4 is 12.1 Å². The normalized spacial score (nSPS) is 19.8. The zero-order chi connectivity index (χ0) is 19.5. The Hall–Kier alpha value is -3.20. The van der Waals surface area contributed by atoms with Crippen LogP contribution in [-0.4, -0.2) is 12.1 Å². The lowest BCUT2D eigenvalue weighted by Gasteiger charge is -2.06. The van der Waals surface area contributed by atoms with E-state index >= 15 is 0 Å². The molecule has 134 valence electrons. The average Bonchev–Trinajstić information content (AvgIpc) is 3.45. The second-order valence-electron chi connectivity index (χ2n) is 5.75. The number of aliphatic imine (C=N–C) groups is 1. The molecule has 1 saturated carbocycles. The Kier molecular flexibility index (Phi) is 8.51. The van der Waals surface area contributed by atoms with Gasteiger partial charge < -0.3 is 5.32 Å². The molecule has 0 radical (unpaired) electrons. The van der Waals surface area contributed by atoms with Gasteiger partial charge in [-0.3, -0.25) is 9.79 Å². The molecule has 1 amide bonds. The third-order valence-corrected chi connectivity index (χ3v) is 3.92. The summed E-state index contributed by atoms with van der Waals surface area (Å²) in [5.41, 5.74) is 3.03. The molecule has 0 saturated heterocycles. The highest BCUT2D eigenvalue weighted by atomic mass is 16.2. The van der Waals surface area contributed by atoms with Gasteiger partial charge in [-0.15, -0.1) is 0 Å². The molecule has 0 aromatic rings. The lowest BCUT2D eigenvalue weighted by Crippen LogP contribution is -2.24. The highest BCUT2D eigenvalue weighted by Crippen LogP contribution is 2.44. The maximum absolute atomic E-state index is 12.4. The van der Waals surface area contributed by atoms with Crippen LogP contribution in [0, 0.1) is 11.8 Å². The minimum absolute atomic E-state index is 0.0356. The minimum atomic E-state index is -0.0609. The van der Waals surface area contributed by atoms with E-state index < -0.39 is 0 Å². The van der Waals surface area contributed by atoms with Gasteiger partial charge in [0, 0.05) is 24.0 Å². The summed E-state index contributed by atoms with van der Waals surface area (Å²) in [5.74, 6) is 0.0874. The number of allylic oxidation sites excluding steroid dienone is 10. The zero-order valence-corrected chi connectivity index (χ0v) is 15.2. The largest absolute Gasteiger partial charge is 0.326 e. The van der Waals surface area contributed by atoms with Gasteiger partial charge in [0.05, 0.1) is 0 Å². The number of carbonyl (C=O) groups is 1. The van der Waals surface area contributed by atoms with Gasteiger partial charge in [-0.2, -0.15) is 0 Å². The van der Waals surface area contributed by atoms with Crippen molar-refractivity contribution in [3.05, 3.63) is 111 Å². The van der Waals surface area contributed by atoms with Crippen molar-refractivity contribution in [2.75, 3.05) is 0 Å². The number of amides is 1. The zero-order valence-electron chi connectivity index (χ0n) is 15.2. The second-order valence-corrected chi connectivity index (χ2v) is 5.75. The Bertz CT molecular complexity index is 744. The maximum atomic E-state index is 12.4. The lowest BCUT2D eigenvalue weighted by molar-refractivity contribution is -0.121. The first-order valence-corrected chi connectivity index (χ1v) is 8.27. The number of hydrogen-bond donors (Lipinski definition) is 1. The van der Waals surface area contributed by atoms with Gasteiger partial charge in [0.1, 0.15) is 0 Å². The molecule has 0 unspecified atom stereocenters. The minimum Gasteiger partial charge on any atom is -0.326 e. The van der Waals surface area contributed by atoms with Crippen LogP contribution in [-0.2, 0) is 4.79 Å². The number of hydrogen-bond acceptors (Lipinski definition) is 2. The molecule has 1 aliphatic carbocycles. The van der Waals surface area contributed by atoms with E-state index in [9.17, 15) is 4.79 Å². The molecule has 1 aliphatic rings. The smallest absolute Gasteiger partial charge is 0.228 e. The van der Waals surface area contributed by atoms with E-state index in [1.165, 1.54) is 6.20 Å². The van der Waals surface area contributed by atoms with Crippen molar-refractivity contribution < 1.29 is 4.79 Å². The molecule has 0 bridgehead atoms. The number of nitrogens with one attached hydrogen (secondary N) is 1. The first-order chi connectivity index (χ1) is 12.5. The number of nitrogens with zero attached hydrogens (tertiary/aromatic N) is 1. The Balaban J connectivity index is 2.81. The molecule has 3 heteroatoms. The van der Waals surface area contributed by atoms with E-state index in [0.29, 0.717) is 11.3 Å².